The molecule has 1 rings (SSSR count). The quantitative estimate of drug-likeness (QED) is 0.574. The van der Waals surface area contributed by atoms with Crippen LogP contribution in [0.5, 0.6) is 0 Å². The summed E-state index contributed by atoms with van der Waals surface area (Å²) >= 11 is 0. The van der Waals surface area contributed by atoms with Crippen molar-refractivity contribution in [1.29, 1.82) is 0 Å². The van der Waals surface area contributed by atoms with Gasteiger partial charge in [0.2, 0.25) is 0 Å². The van der Waals surface area contributed by atoms with Crippen LogP contribution in [0, 0.1) is 11.8 Å². The van der Waals surface area contributed by atoms with Gasteiger partial charge in [-0.2, -0.15) is 0 Å². The Labute approximate surface area is 108 Å². The molecule has 0 aliphatic rings. The highest BCUT2D eigenvalue weighted by Crippen LogP contribution is 2.17. The summed E-state index contributed by atoms with van der Waals surface area (Å²) in [5.41, 5.74) is 1.11. The fourth-order valence-electron chi connectivity index (χ4n) is 1.97. The van der Waals surface area contributed by atoms with Crippen molar-refractivity contribution in [2.24, 2.45) is 11.8 Å². The van der Waals surface area contributed by atoms with E-state index in [1.807, 2.05) is 44.2 Å². The van der Waals surface area contributed by atoms with E-state index in [1.54, 1.807) is 0 Å². The molecule has 0 saturated carbocycles. The lowest BCUT2D eigenvalue weighted by Gasteiger charge is -2.16. The van der Waals surface area contributed by atoms with E-state index in [1.165, 1.54) is 7.11 Å². The number of esters is 1. The first-order chi connectivity index (χ1) is 8.56. The van der Waals surface area contributed by atoms with Gasteiger partial charge in [-0.15, -0.1) is 0 Å². The van der Waals surface area contributed by atoms with Crippen molar-refractivity contribution in [2.45, 2.75) is 26.7 Å². The molecule has 1 aromatic rings. The zero-order valence-corrected chi connectivity index (χ0v) is 11.2. The maximum Gasteiger partial charge on any atom is 0.316 e. The van der Waals surface area contributed by atoms with Crippen molar-refractivity contribution in [3.05, 3.63) is 35.9 Å². The van der Waals surface area contributed by atoms with Crippen LogP contribution in [0.2, 0.25) is 0 Å². The number of hydrogen-bond acceptors (Lipinski definition) is 3. The molecule has 0 amide bonds. The first-order valence-electron chi connectivity index (χ1n) is 6.20. The number of benzene rings is 1. The molecular weight excluding hydrogens is 228 g/mol. The monoisotopic (exact) mass is 248 g/mol. The lowest BCUT2D eigenvalue weighted by atomic mass is 9.88. The lowest BCUT2D eigenvalue weighted by molar-refractivity contribution is -0.151. The summed E-state index contributed by atoms with van der Waals surface area (Å²) in [6.07, 6.45) is 1.04. The molecule has 0 aliphatic heterocycles. The second kappa shape index (κ2) is 6.94. The summed E-state index contributed by atoms with van der Waals surface area (Å²) < 4.78 is 4.69. The van der Waals surface area contributed by atoms with E-state index in [0.717, 1.165) is 5.56 Å². The van der Waals surface area contributed by atoms with Crippen molar-refractivity contribution in [3.63, 3.8) is 0 Å². The Morgan fingerprint density at radius 3 is 2.28 bits per heavy atom. The molecule has 0 aliphatic carbocycles. The molecule has 0 saturated heterocycles. The van der Waals surface area contributed by atoms with Gasteiger partial charge in [0, 0.05) is 6.42 Å². The van der Waals surface area contributed by atoms with Crippen molar-refractivity contribution in [1.82, 2.24) is 0 Å². The molecule has 0 radical (unpaired) electrons. The Balaban J connectivity index is 2.60. The van der Waals surface area contributed by atoms with Gasteiger partial charge >= 0.3 is 5.97 Å². The summed E-state index contributed by atoms with van der Waals surface area (Å²) in [5.74, 6) is -1.14. The van der Waals surface area contributed by atoms with E-state index in [4.69, 9.17) is 0 Å². The minimum absolute atomic E-state index is 0.0271. The third kappa shape index (κ3) is 3.99. The van der Waals surface area contributed by atoms with Gasteiger partial charge in [0.1, 0.15) is 11.7 Å². The highest BCUT2D eigenvalue weighted by Gasteiger charge is 2.29. The Hall–Kier alpha value is -1.64. The maximum absolute atomic E-state index is 12.1. The van der Waals surface area contributed by atoms with Crippen LogP contribution >= 0.6 is 0 Å². The molecule has 0 heterocycles. The largest absolute Gasteiger partial charge is 0.468 e. The fraction of sp³-hybridized carbons (Fsp3) is 0.467. The number of ether oxygens (including phenoxy) is 1. The highest BCUT2D eigenvalue weighted by atomic mass is 16.5. The fourth-order valence-corrected chi connectivity index (χ4v) is 1.97. The zero-order valence-electron chi connectivity index (χ0n) is 11.2. The molecule has 1 aromatic carbocycles. The van der Waals surface area contributed by atoms with Gasteiger partial charge in [-0.3, -0.25) is 9.59 Å². The predicted molar refractivity (Wildman–Crippen MR) is 70.1 cm³/mol. The van der Waals surface area contributed by atoms with Crippen molar-refractivity contribution < 1.29 is 14.3 Å². The Bertz CT molecular complexity index is 395. The number of carbonyl (C=O) groups is 2. The summed E-state index contributed by atoms with van der Waals surface area (Å²) in [6, 6.07) is 9.79. The Kier molecular flexibility index (Phi) is 5.56. The van der Waals surface area contributed by atoms with E-state index in [9.17, 15) is 9.59 Å². The smallest absolute Gasteiger partial charge is 0.316 e. The van der Waals surface area contributed by atoms with E-state index < -0.39 is 11.9 Å². The van der Waals surface area contributed by atoms with Gasteiger partial charge in [0.05, 0.1) is 7.11 Å². The van der Waals surface area contributed by atoms with Crippen molar-refractivity contribution in [2.75, 3.05) is 7.11 Å². The van der Waals surface area contributed by atoms with E-state index >= 15 is 0 Å². The molecule has 18 heavy (non-hydrogen) atoms. The first kappa shape index (κ1) is 14.4. The van der Waals surface area contributed by atoms with Gasteiger partial charge in [0.25, 0.3) is 0 Å². The van der Waals surface area contributed by atoms with Crippen LogP contribution in [0.15, 0.2) is 30.3 Å². The van der Waals surface area contributed by atoms with Gasteiger partial charge in [0.15, 0.2) is 0 Å². The second-order valence-electron chi connectivity index (χ2n) is 4.70. The molecule has 0 aromatic heterocycles. The third-order valence-electron chi connectivity index (χ3n) is 2.97. The molecule has 0 N–H and O–H groups in total. The summed E-state index contributed by atoms with van der Waals surface area (Å²) in [6.45, 7) is 3.73. The zero-order chi connectivity index (χ0) is 13.5. The highest BCUT2D eigenvalue weighted by molar-refractivity contribution is 5.99. The number of hydrogen-bond donors (Lipinski definition) is 0. The second-order valence-corrected chi connectivity index (χ2v) is 4.70. The number of Topliss-reactive ketones (excluding diaryl/α,β-unsaturated/α-hetero) is 1. The maximum atomic E-state index is 12.1. The number of rotatable bonds is 6. The molecule has 1 unspecified atom stereocenters. The van der Waals surface area contributed by atoms with Gasteiger partial charge in [-0.25, -0.2) is 0 Å². The molecule has 0 spiro atoms. The van der Waals surface area contributed by atoms with Gasteiger partial charge in [-0.1, -0.05) is 44.2 Å². The Morgan fingerprint density at radius 2 is 1.78 bits per heavy atom. The standard InChI is InChI=1S/C15H20O3/c1-11(2)14(15(17)18-3)13(16)10-9-12-7-5-4-6-8-12/h4-8,11,14H,9-10H2,1-3H3. The number of carbonyl (C=O) groups excluding carboxylic acids is 2. The van der Waals surface area contributed by atoms with Crippen molar-refractivity contribution >= 4 is 11.8 Å². The molecule has 98 valence electrons. The average molecular weight is 248 g/mol. The first-order valence-corrected chi connectivity index (χ1v) is 6.20. The SMILES string of the molecule is COC(=O)C(C(=O)CCc1ccccc1)C(C)C. The minimum atomic E-state index is -0.640. The van der Waals surface area contributed by atoms with Gasteiger partial charge < -0.3 is 4.74 Å². The Morgan fingerprint density at radius 1 is 1.17 bits per heavy atom. The molecule has 0 fully saturated rings. The topological polar surface area (TPSA) is 43.4 Å². The van der Waals surface area contributed by atoms with Crippen LogP contribution in [-0.4, -0.2) is 18.9 Å². The molecule has 3 nitrogen and oxygen atoms in total. The number of aryl methyl sites for hydroxylation is 1. The molecule has 3 heteroatoms. The van der Waals surface area contributed by atoms with Crippen molar-refractivity contribution in [3.8, 4) is 0 Å². The van der Waals surface area contributed by atoms with E-state index in [2.05, 4.69) is 4.74 Å². The average Bonchev–Trinajstić information content (AvgIpc) is 2.37. The number of ketones is 1. The van der Waals surface area contributed by atoms with Crippen LogP contribution in [0.25, 0.3) is 0 Å². The van der Waals surface area contributed by atoms with Crippen LogP contribution < -0.4 is 0 Å². The summed E-state index contributed by atoms with van der Waals surface area (Å²) in [5, 5.41) is 0. The minimum Gasteiger partial charge on any atom is -0.468 e. The van der Waals surface area contributed by atoms with Crippen LogP contribution in [0.3, 0.4) is 0 Å². The normalized spacial score (nSPS) is 12.2. The third-order valence-corrected chi connectivity index (χ3v) is 2.97. The number of methoxy groups -OCH3 is 1. The summed E-state index contributed by atoms with van der Waals surface area (Å²) in [7, 11) is 1.32. The van der Waals surface area contributed by atoms with Gasteiger partial charge in [-0.05, 0) is 17.9 Å². The van der Waals surface area contributed by atoms with E-state index in [0.29, 0.717) is 12.8 Å². The van der Waals surface area contributed by atoms with Crippen LogP contribution in [0.1, 0.15) is 25.8 Å². The molecular formula is C15H20O3. The van der Waals surface area contributed by atoms with Crippen LogP contribution in [0.4, 0.5) is 0 Å². The molecule has 1 atom stereocenters. The van der Waals surface area contributed by atoms with E-state index in [-0.39, 0.29) is 11.7 Å². The predicted octanol–water partition coefficient (Wildman–Crippen LogP) is 2.63. The summed E-state index contributed by atoms with van der Waals surface area (Å²) in [4.78, 5) is 23.6. The van der Waals surface area contributed by atoms with Crippen LogP contribution in [-0.2, 0) is 20.7 Å². The lowest BCUT2D eigenvalue weighted by Crippen LogP contribution is -2.30. The molecule has 0 bridgehead atoms.